The van der Waals surface area contributed by atoms with Gasteiger partial charge in [0, 0.05) is 18.8 Å². The fourth-order valence-electron chi connectivity index (χ4n) is 1.90. The summed E-state index contributed by atoms with van der Waals surface area (Å²) in [6.07, 6.45) is 0.997. The van der Waals surface area contributed by atoms with Crippen LogP contribution in [-0.4, -0.2) is 46.1 Å². The summed E-state index contributed by atoms with van der Waals surface area (Å²) in [6, 6.07) is 0.172. The Labute approximate surface area is 119 Å². The second-order valence-electron chi connectivity index (χ2n) is 4.83. The van der Waals surface area contributed by atoms with E-state index in [-0.39, 0.29) is 24.2 Å². The molecule has 0 radical (unpaired) electrons. The van der Waals surface area contributed by atoms with Crippen LogP contribution in [0.5, 0.6) is 0 Å². The maximum absolute atomic E-state index is 13.2. The van der Waals surface area contributed by atoms with Crippen LogP contribution in [0.3, 0.4) is 0 Å². The maximum Gasteiger partial charge on any atom is 0.273 e. The number of carbonyl (C=O) groups excluding carboxylic acids is 1. The summed E-state index contributed by atoms with van der Waals surface area (Å²) < 4.78 is 13.7. The molecule has 1 aromatic rings. The molecule has 1 saturated heterocycles. The van der Waals surface area contributed by atoms with Crippen molar-refractivity contribution in [1.82, 2.24) is 14.9 Å². The summed E-state index contributed by atoms with van der Waals surface area (Å²) in [5.41, 5.74) is 0.271. The van der Waals surface area contributed by atoms with E-state index in [2.05, 4.69) is 31.2 Å². The molecule has 1 aliphatic heterocycles. The fourth-order valence-corrected chi connectivity index (χ4v) is 2.26. The third-order valence-corrected chi connectivity index (χ3v) is 3.36. The Morgan fingerprint density at radius 3 is 2.95 bits per heavy atom. The lowest BCUT2D eigenvalue weighted by Crippen LogP contribution is -2.30. The molecule has 1 N–H and O–H groups in total. The average molecular weight is 331 g/mol. The molecule has 5 nitrogen and oxygen atoms in total. The Bertz CT molecular complexity index is 483. The van der Waals surface area contributed by atoms with Crippen LogP contribution in [0.25, 0.3) is 0 Å². The molecule has 1 aromatic heterocycles. The lowest BCUT2D eigenvalue weighted by molar-refractivity contribution is 0.0776. The van der Waals surface area contributed by atoms with Gasteiger partial charge in [-0.25, -0.2) is 14.4 Å². The molecule has 2 rings (SSSR count). The van der Waals surface area contributed by atoms with Gasteiger partial charge in [-0.2, -0.15) is 0 Å². The van der Waals surface area contributed by atoms with Crippen molar-refractivity contribution >= 4 is 27.8 Å². The second kappa shape index (κ2) is 5.81. The summed E-state index contributed by atoms with van der Waals surface area (Å²) in [7, 11) is 0. The Hall–Kier alpha value is -1.24. The SMILES string of the molecule is CC(C)Nc1ncc(Br)c(C(=O)N2CC[C@H](F)C2)n1. The molecule has 0 spiro atoms. The van der Waals surface area contributed by atoms with Gasteiger partial charge in [-0.05, 0) is 36.2 Å². The molecule has 0 aromatic carbocycles. The largest absolute Gasteiger partial charge is 0.352 e. The smallest absolute Gasteiger partial charge is 0.273 e. The Balaban J connectivity index is 2.20. The molecule has 1 amide bonds. The highest BCUT2D eigenvalue weighted by molar-refractivity contribution is 9.10. The first-order chi connectivity index (χ1) is 8.97. The quantitative estimate of drug-likeness (QED) is 0.923. The summed E-state index contributed by atoms with van der Waals surface area (Å²) in [6.45, 7) is 4.49. The van der Waals surface area contributed by atoms with Gasteiger partial charge >= 0.3 is 0 Å². The van der Waals surface area contributed by atoms with E-state index in [0.29, 0.717) is 23.4 Å². The van der Waals surface area contributed by atoms with Gasteiger partial charge in [0.15, 0.2) is 0 Å². The zero-order chi connectivity index (χ0) is 14.0. The van der Waals surface area contributed by atoms with Crippen LogP contribution in [0, 0.1) is 0 Å². The number of anilines is 1. The van der Waals surface area contributed by atoms with Crippen LogP contribution in [0.1, 0.15) is 30.8 Å². The van der Waals surface area contributed by atoms with Crippen LogP contribution in [-0.2, 0) is 0 Å². The van der Waals surface area contributed by atoms with Crippen molar-refractivity contribution in [3.63, 3.8) is 0 Å². The molecule has 1 aliphatic rings. The van der Waals surface area contributed by atoms with E-state index in [9.17, 15) is 9.18 Å². The van der Waals surface area contributed by atoms with Gasteiger partial charge in [-0.3, -0.25) is 4.79 Å². The first-order valence-electron chi connectivity index (χ1n) is 6.19. The summed E-state index contributed by atoms with van der Waals surface area (Å²) in [4.78, 5) is 22.0. The molecule has 0 saturated carbocycles. The fraction of sp³-hybridized carbons (Fsp3) is 0.583. The van der Waals surface area contributed by atoms with E-state index in [0.717, 1.165) is 0 Å². The number of hydrogen-bond acceptors (Lipinski definition) is 4. The third kappa shape index (κ3) is 3.40. The van der Waals surface area contributed by atoms with E-state index in [4.69, 9.17) is 0 Å². The van der Waals surface area contributed by atoms with Gasteiger partial charge < -0.3 is 10.2 Å². The van der Waals surface area contributed by atoms with Gasteiger partial charge in [0.25, 0.3) is 5.91 Å². The number of hydrogen-bond donors (Lipinski definition) is 1. The zero-order valence-electron chi connectivity index (χ0n) is 10.9. The van der Waals surface area contributed by atoms with Gasteiger partial charge in [0.1, 0.15) is 11.9 Å². The molecule has 0 aliphatic carbocycles. The zero-order valence-corrected chi connectivity index (χ0v) is 12.4. The predicted molar refractivity (Wildman–Crippen MR) is 73.9 cm³/mol. The highest BCUT2D eigenvalue weighted by Gasteiger charge is 2.28. The molecular weight excluding hydrogens is 315 g/mol. The Kier molecular flexibility index (Phi) is 4.34. The number of alkyl halides is 1. The van der Waals surface area contributed by atoms with E-state index >= 15 is 0 Å². The molecule has 19 heavy (non-hydrogen) atoms. The van der Waals surface area contributed by atoms with Gasteiger partial charge in [0.2, 0.25) is 5.95 Å². The molecule has 0 unspecified atom stereocenters. The predicted octanol–water partition coefficient (Wildman–Crippen LogP) is 2.24. The normalized spacial score (nSPS) is 19.0. The first kappa shape index (κ1) is 14.2. The number of rotatable bonds is 3. The van der Waals surface area contributed by atoms with E-state index in [1.807, 2.05) is 13.8 Å². The summed E-state index contributed by atoms with van der Waals surface area (Å²) in [5, 5.41) is 3.04. The second-order valence-corrected chi connectivity index (χ2v) is 5.68. The molecule has 0 bridgehead atoms. The molecule has 104 valence electrons. The highest BCUT2D eigenvalue weighted by Crippen LogP contribution is 2.20. The molecule has 2 heterocycles. The Morgan fingerprint density at radius 1 is 1.63 bits per heavy atom. The van der Waals surface area contributed by atoms with E-state index < -0.39 is 6.17 Å². The average Bonchev–Trinajstić information content (AvgIpc) is 2.77. The minimum atomic E-state index is -0.933. The van der Waals surface area contributed by atoms with E-state index in [1.54, 1.807) is 0 Å². The van der Waals surface area contributed by atoms with Crippen LogP contribution in [0.4, 0.5) is 10.3 Å². The van der Waals surface area contributed by atoms with Crippen molar-refractivity contribution in [2.45, 2.75) is 32.5 Å². The highest BCUT2D eigenvalue weighted by atomic mass is 79.9. The number of halogens is 2. The van der Waals surface area contributed by atoms with Crippen molar-refractivity contribution in [2.24, 2.45) is 0 Å². The lowest BCUT2D eigenvalue weighted by atomic mass is 10.3. The number of amides is 1. The molecule has 1 fully saturated rings. The van der Waals surface area contributed by atoms with Gasteiger partial charge in [-0.15, -0.1) is 0 Å². The number of likely N-dealkylation sites (tertiary alicyclic amines) is 1. The number of carbonyl (C=O) groups is 1. The standard InChI is InChI=1S/C12H16BrFN4O/c1-7(2)16-12-15-5-9(13)10(17-12)11(19)18-4-3-8(14)6-18/h5,7-8H,3-4,6H2,1-2H3,(H,15,16,17)/t8-/m0/s1. The molecule has 7 heteroatoms. The van der Waals surface area contributed by atoms with Crippen LogP contribution < -0.4 is 5.32 Å². The Morgan fingerprint density at radius 2 is 2.37 bits per heavy atom. The maximum atomic E-state index is 13.2. The number of aromatic nitrogens is 2. The van der Waals surface area contributed by atoms with Crippen LogP contribution in [0.15, 0.2) is 10.7 Å². The lowest BCUT2D eigenvalue weighted by Gasteiger charge is -2.16. The van der Waals surface area contributed by atoms with Gasteiger partial charge in [0.05, 0.1) is 11.0 Å². The van der Waals surface area contributed by atoms with Crippen molar-refractivity contribution in [3.05, 3.63) is 16.4 Å². The monoisotopic (exact) mass is 330 g/mol. The van der Waals surface area contributed by atoms with Gasteiger partial charge in [-0.1, -0.05) is 0 Å². The summed E-state index contributed by atoms with van der Waals surface area (Å²) in [5.74, 6) is 0.138. The summed E-state index contributed by atoms with van der Waals surface area (Å²) >= 11 is 3.27. The van der Waals surface area contributed by atoms with E-state index in [1.165, 1.54) is 11.1 Å². The number of nitrogens with zero attached hydrogens (tertiary/aromatic N) is 3. The van der Waals surface area contributed by atoms with Crippen molar-refractivity contribution in [3.8, 4) is 0 Å². The van der Waals surface area contributed by atoms with Crippen molar-refractivity contribution in [1.29, 1.82) is 0 Å². The molecule has 1 atom stereocenters. The first-order valence-corrected chi connectivity index (χ1v) is 6.99. The third-order valence-electron chi connectivity index (χ3n) is 2.78. The van der Waals surface area contributed by atoms with Crippen molar-refractivity contribution < 1.29 is 9.18 Å². The number of nitrogens with one attached hydrogen (secondary N) is 1. The minimum Gasteiger partial charge on any atom is -0.352 e. The molecular formula is C12H16BrFN4O. The topological polar surface area (TPSA) is 58.1 Å². The van der Waals surface area contributed by atoms with Crippen LogP contribution >= 0.6 is 15.9 Å². The van der Waals surface area contributed by atoms with Crippen molar-refractivity contribution in [2.75, 3.05) is 18.4 Å². The minimum absolute atomic E-state index is 0.141. The van der Waals surface area contributed by atoms with Crippen LogP contribution in [0.2, 0.25) is 0 Å².